The number of nitro groups is 1. The second-order valence-corrected chi connectivity index (χ2v) is 2.64. The summed E-state index contributed by atoms with van der Waals surface area (Å²) in [5.41, 5.74) is 0.154. The van der Waals surface area contributed by atoms with Gasteiger partial charge in [-0.3, -0.25) is 0 Å². The molecule has 0 N–H and O–H groups in total. The number of carbonyl (C=O) groups is 1. The van der Waals surface area contributed by atoms with Crippen molar-refractivity contribution < 1.29 is 14.6 Å². The van der Waals surface area contributed by atoms with Crippen molar-refractivity contribution in [1.29, 1.82) is 0 Å². The number of amidine groups is 1. The Morgan fingerprint density at radius 2 is 2.40 bits per heavy atom. The van der Waals surface area contributed by atoms with Gasteiger partial charge in [-0.05, 0) is 4.92 Å². The van der Waals surface area contributed by atoms with Crippen molar-refractivity contribution in [1.82, 2.24) is 9.55 Å². The van der Waals surface area contributed by atoms with E-state index >= 15 is 0 Å². The van der Waals surface area contributed by atoms with E-state index < -0.39 is 16.7 Å². The smallest absolute Gasteiger partial charge is 0.358 e. The average Bonchev–Trinajstić information content (AvgIpc) is 2.51. The quantitative estimate of drug-likeness (QED) is 0.224. The van der Waals surface area contributed by atoms with Crippen LogP contribution in [0.2, 0.25) is 0 Å². The molecule has 1 aromatic rings. The average molecular weight is 212 g/mol. The van der Waals surface area contributed by atoms with Gasteiger partial charge in [-0.15, -0.1) is 0 Å². The Balaban J connectivity index is 3.04. The van der Waals surface area contributed by atoms with Crippen LogP contribution in [-0.4, -0.2) is 26.3 Å². The molecule has 8 heteroatoms. The SMILES string of the molecule is CC(=O)O/N=C(/c1cncn1C)[N+](=O)[O-]. The van der Waals surface area contributed by atoms with E-state index in [1.165, 1.54) is 17.1 Å². The number of nitrogens with zero attached hydrogens (tertiary/aromatic N) is 4. The first-order valence-corrected chi connectivity index (χ1v) is 3.89. The molecule has 1 aromatic heterocycles. The number of aromatic nitrogens is 2. The van der Waals surface area contributed by atoms with Crippen molar-refractivity contribution in [3.05, 3.63) is 28.3 Å². The summed E-state index contributed by atoms with van der Waals surface area (Å²) in [5.74, 6) is -1.29. The van der Waals surface area contributed by atoms with Crippen LogP contribution in [0.25, 0.3) is 0 Å². The Hall–Kier alpha value is -2.25. The van der Waals surface area contributed by atoms with Crippen molar-refractivity contribution in [3.63, 3.8) is 0 Å². The summed E-state index contributed by atoms with van der Waals surface area (Å²) in [7, 11) is 1.56. The second-order valence-electron chi connectivity index (χ2n) is 2.64. The normalized spacial score (nSPS) is 11.2. The summed E-state index contributed by atoms with van der Waals surface area (Å²) in [6.07, 6.45) is 2.63. The van der Waals surface area contributed by atoms with Crippen molar-refractivity contribution in [2.45, 2.75) is 6.92 Å². The first kappa shape index (κ1) is 10.8. The molecule has 0 aliphatic rings. The molecule has 0 saturated heterocycles. The molecule has 15 heavy (non-hydrogen) atoms. The van der Waals surface area contributed by atoms with Gasteiger partial charge in [0.1, 0.15) is 0 Å². The fraction of sp³-hybridized carbons (Fsp3) is 0.286. The van der Waals surface area contributed by atoms with Crippen LogP contribution in [0.1, 0.15) is 12.6 Å². The molecule has 1 heterocycles. The maximum Gasteiger partial charge on any atom is 0.435 e. The van der Waals surface area contributed by atoms with Gasteiger partial charge >= 0.3 is 11.8 Å². The molecule has 0 fully saturated rings. The van der Waals surface area contributed by atoms with Gasteiger partial charge in [0.2, 0.25) is 0 Å². The highest BCUT2D eigenvalue weighted by atomic mass is 16.7. The molecular formula is C7H8N4O4. The maximum absolute atomic E-state index is 10.6. The first-order valence-electron chi connectivity index (χ1n) is 3.89. The summed E-state index contributed by atoms with van der Waals surface area (Å²) >= 11 is 0. The molecule has 1 rings (SSSR count). The van der Waals surface area contributed by atoms with Gasteiger partial charge in [0.25, 0.3) is 0 Å². The molecule has 0 spiro atoms. The van der Waals surface area contributed by atoms with E-state index in [9.17, 15) is 14.9 Å². The van der Waals surface area contributed by atoms with E-state index in [4.69, 9.17) is 0 Å². The molecule has 80 valence electrons. The predicted molar refractivity (Wildman–Crippen MR) is 48.5 cm³/mol. The molecule has 0 aliphatic heterocycles. The third-order valence-electron chi connectivity index (χ3n) is 1.48. The zero-order chi connectivity index (χ0) is 11.4. The molecule has 0 saturated carbocycles. The van der Waals surface area contributed by atoms with Gasteiger partial charge in [-0.2, -0.15) is 0 Å². The van der Waals surface area contributed by atoms with E-state index in [-0.39, 0.29) is 5.69 Å². The number of rotatable bonds is 2. The van der Waals surface area contributed by atoms with Gasteiger partial charge in [0.15, 0.2) is 10.8 Å². The van der Waals surface area contributed by atoms with Gasteiger partial charge in [0, 0.05) is 14.0 Å². The van der Waals surface area contributed by atoms with Crippen LogP contribution in [0.4, 0.5) is 0 Å². The predicted octanol–water partition coefficient (Wildman–Crippen LogP) is -0.0785. The molecule has 0 amide bonds. The van der Waals surface area contributed by atoms with Gasteiger partial charge < -0.3 is 14.7 Å². The number of aryl methyl sites for hydroxylation is 1. The fourth-order valence-electron chi connectivity index (χ4n) is 0.854. The summed E-state index contributed by atoms with van der Waals surface area (Å²) in [6.45, 7) is 1.10. The largest absolute Gasteiger partial charge is 0.435 e. The van der Waals surface area contributed by atoms with Gasteiger partial charge in [-0.25, -0.2) is 14.6 Å². The lowest BCUT2D eigenvalue weighted by atomic mass is 10.4. The minimum absolute atomic E-state index is 0.154. The Kier molecular flexibility index (Phi) is 3.11. The van der Waals surface area contributed by atoms with Crippen LogP contribution < -0.4 is 0 Å². The van der Waals surface area contributed by atoms with Crippen molar-refractivity contribution in [2.24, 2.45) is 12.2 Å². The highest BCUT2D eigenvalue weighted by molar-refractivity contribution is 5.90. The Morgan fingerprint density at radius 3 is 2.80 bits per heavy atom. The Morgan fingerprint density at radius 1 is 1.73 bits per heavy atom. The maximum atomic E-state index is 10.6. The van der Waals surface area contributed by atoms with Crippen LogP contribution in [0.15, 0.2) is 17.7 Å². The van der Waals surface area contributed by atoms with E-state index in [1.807, 2.05) is 0 Å². The molecule has 0 atom stereocenters. The number of oxime groups is 1. The number of hydrogen-bond donors (Lipinski definition) is 0. The molecule has 0 unspecified atom stereocenters. The lowest BCUT2D eigenvalue weighted by Crippen LogP contribution is -2.17. The summed E-state index contributed by atoms with van der Waals surface area (Å²) in [4.78, 5) is 28.2. The minimum atomic E-state index is -0.750. The summed E-state index contributed by atoms with van der Waals surface area (Å²) in [5, 5.41) is 13.7. The lowest BCUT2D eigenvalue weighted by molar-refractivity contribution is -0.351. The Labute approximate surface area is 84.3 Å². The molecule has 0 aliphatic carbocycles. The topological polar surface area (TPSA) is 99.6 Å². The lowest BCUT2D eigenvalue weighted by Gasteiger charge is -1.97. The highest BCUT2D eigenvalue weighted by Gasteiger charge is 2.21. The van der Waals surface area contributed by atoms with Crippen LogP contribution in [0, 0.1) is 10.1 Å². The van der Waals surface area contributed by atoms with Crippen LogP contribution in [0.5, 0.6) is 0 Å². The number of imidazole rings is 1. The van der Waals surface area contributed by atoms with Crippen molar-refractivity contribution >= 4 is 11.8 Å². The molecule has 0 bridgehead atoms. The Bertz CT molecular complexity index is 422. The van der Waals surface area contributed by atoms with E-state index in [0.29, 0.717) is 0 Å². The van der Waals surface area contributed by atoms with E-state index in [0.717, 1.165) is 6.92 Å². The van der Waals surface area contributed by atoms with E-state index in [1.54, 1.807) is 7.05 Å². The molecule has 8 nitrogen and oxygen atoms in total. The van der Waals surface area contributed by atoms with Crippen molar-refractivity contribution in [2.75, 3.05) is 0 Å². The van der Waals surface area contributed by atoms with E-state index in [2.05, 4.69) is 15.0 Å². The zero-order valence-corrected chi connectivity index (χ0v) is 8.08. The number of carbonyl (C=O) groups excluding carboxylic acids is 1. The second kappa shape index (κ2) is 4.31. The van der Waals surface area contributed by atoms with Gasteiger partial charge in [0.05, 0.1) is 12.5 Å². The minimum Gasteiger partial charge on any atom is -0.358 e. The summed E-state index contributed by atoms with van der Waals surface area (Å²) < 4.78 is 1.39. The van der Waals surface area contributed by atoms with Crippen LogP contribution in [-0.2, 0) is 16.7 Å². The monoisotopic (exact) mass is 212 g/mol. The van der Waals surface area contributed by atoms with Crippen LogP contribution >= 0.6 is 0 Å². The first-order chi connectivity index (χ1) is 7.02. The molecular weight excluding hydrogens is 204 g/mol. The van der Waals surface area contributed by atoms with Crippen LogP contribution in [0.3, 0.4) is 0 Å². The fourth-order valence-corrected chi connectivity index (χ4v) is 0.854. The molecule has 0 aromatic carbocycles. The zero-order valence-electron chi connectivity index (χ0n) is 8.08. The van der Waals surface area contributed by atoms with Gasteiger partial charge in [-0.1, -0.05) is 0 Å². The molecule has 0 radical (unpaired) electrons. The standard InChI is InChI=1S/C7H8N4O4/c1-5(12)15-9-7(11(13)14)6-3-8-4-10(6)2/h3-4H,1-2H3/b9-7-. The third-order valence-corrected chi connectivity index (χ3v) is 1.48. The number of hydrogen-bond acceptors (Lipinski definition) is 6. The summed E-state index contributed by atoms with van der Waals surface area (Å²) in [6, 6.07) is 0. The van der Waals surface area contributed by atoms with Crippen molar-refractivity contribution in [3.8, 4) is 0 Å². The highest BCUT2D eigenvalue weighted by Crippen LogP contribution is 2.01. The third kappa shape index (κ3) is 2.59.